The van der Waals surface area contributed by atoms with Crippen LogP contribution in [0.3, 0.4) is 0 Å². The molecule has 24 heavy (non-hydrogen) atoms. The fourth-order valence-electron chi connectivity index (χ4n) is 3.42. The van der Waals surface area contributed by atoms with E-state index < -0.39 is 0 Å². The van der Waals surface area contributed by atoms with Gasteiger partial charge in [-0.15, -0.1) is 5.10 Å². The second kappa shape index (κ2) is 6.93. The standard InChI is InChI=1S/C19H21N5/c1-2-8-18(9-3-1)24-15-17(21-22-24)14-23-12-5-4-10-19(23)16-7-6-11-20-13-16/h1-3,6-9,11,13,15,19H,4-5,10,12,14H2/t19-/m0/s1. The second-order valence-electron chi connectivity index (χ2n) is 6.26. The van der Waals surface area contributed by atoms with E-state index in [1.807, 2.05) is 59.7 Å². The smallest absolute Gasteiger partial charge is 0.0972 e. The lowest BCUT2D eigenvalue weighted by atomic mass is 9.96. The van der Waals surface area contributed by atoms with Gasteiger partial charge in [-0.05, 0) is 43.1 Å². The molecule has 5 heteroatoms. The van der Waals surface area contributed by atoms with Gasteiger partial charge >= 0.3 is 0 Å². The molecule has 0 spiro atoms. The van der Waals surface area contributed by atoms with E-state index in [0.717, 1.165) is 24.5 Å². The number of benzene rings is 1. The molecule has 0 radical (unpaired) electrons. The predicted octanol–water partition coefficient (Wildman–Crippen LogP) is 3.39. The molecule has 0 amide bonds. The van der Waals surface area contributed by atoms with Crippen molar-refractivity contribution in [2.24, 2.45) is 0 Å². The van der Waals surface area contributed by atoms with E-state index >= 15 is 0 Å². The molecular formula is C19H21N5. The summed E-state index contributed by atoms with van der Waals surface area (Å²) in [5.41, 5.74) is 3.35. The zero-order valence-electron chi connectivity index (χ0n) is 13.6. The van der Waals surface area contributed by atoms with Gasteiger partial charge in [0.2, 0.25) is 0 Å². The summed E-state index contributed by atoms with van der Waals surface area (Å²) in [7, 11) is 0. The first-order valence-corrected chi connectivity index (χ1v) is 8.51. The van der Waals surface area contributed by atoms with E-state index in [1.165, 1.54) is 24.8 Å². The summed E-state index contributed by atoms with van der Waals surface area (Å²) in [5.74, 6) is 0. The monoisotopic (exact) mass is 319 g/mol. The molecule has 1 aliphatic heterocycles. The molecule has 2 aromatic heterocycles. The Balaban J connectivity index is 1.52. The highest BCUT2D eigenvalue weighted by Gasteiger charge is 2.24. The van der Waals surface area contributed by atoms with Gasteiger partial charge in [-0.1, -0.05) is 35.9 Å². The third-order valence-electron chi connectivity index (χ3n) is 4.61. The Labute approximate surface area is 142 Å². The first-order chi connectivity index (χ1) is 11.9. The molecule has 5 nitrogen and oxygen atoms in total. The Morgan fingerprint density at radius 3 is 2.79 bits per heavy atom. The molecule has 0 bridgehead atoms. The summed E-state index contributed by atoms with van der Waals surface area (Å²) in [6, 6.07) is 14.7. The minimum atomic E-state index is 0.425. The molecule has 1 fully saturated rings. The lowest BCUT2D eigenvalue weighted by Gasteiger charge is -2.35. The van der Waals surface area contributed by atoms with Crippen LogP contribution in [-0.4, -0.2) is 31.4 Å². The van der Waals surface area contributed by atoms with Crippen LogP contribution >= 0.6 is 0 Å². The Hall–Kier alpha value is -2.53. The second-order valence-corrected chi connectivity index (χ2v) is 6.26. The van der Waals surface area contributed by atoms with Crippen molar-refractivity contribution in [3.8, 4) is 5.69 Å². The van der Waals surface area contributed by atoms with Gasteiger partial charge in [0.15, 0.2) is 0 Å². The summed E-state index contributed by atoms with van der Waals surface area (Å²) in [5, 5.41) is 8.65. The molecule has 0 saturated carbocycles. The summed E-state index contributed by atoms with van der Waals surface area (Å²) in [6.07, 6.45) is 9.55. The molecule has 3 heterocycles. The van der Waals surface area contributed by atoms with Crippen LogP contribution in [0, 0.1) is 0 Å². The molecule has 0 N–H and O–H groups in total. The van der Waals surface area contributed by atoms with Gasteiger partial charge in [-0.3, -0.25) is 9.88 Å². The molecule has 0 unspecified atom stereocenters. The molecule has 1 saturated heterocycles. The van der Waals surface area contributed by atoms with E-state index in [2.05, 4.69) is 26.3 Å². The van der Waals surface area contributed by atoms with E-state index in [0.29, 0.717) is 6.04 Å². The van der Waals surface area contributed by atoms with Crippen molar-refractivity contribution in [1.82, 2.24) is 24.9 Å². The van der Waals surface area contributed by atoms with Crippen molar-refractivity contribution in [3.63, 3.8) is 0 Å². The van der Waals surface area contributed by atoms with Crippen LogP contribution < -0.4 is 0 Å². The van der Waals surface area contributed by atoms with E-state index in [4.69, 9.17) is 0 Å². The number of piperidine rings is 1. The number of nitrogens with zero attached hydrogens (tertiary/aromatic N) is 5. The zero-order valence-corrected chi connectivity index (χ0v) is 13.6. The van der Waals surface area contributed by atoms with Gasteiger partial charge < -0.3 is 0 Å². The Morgan fingerprint density at radius 1 is 1.04 bits per heavy atom. The predicted molar refractivity (Wildman–Crippen MR) is 92.6 cm³/mol. The molecule has 4 rings (SSSR count). The van der Waals surface area contributed by atoms with Crippen LogP contribution in [0.5, 0.6) is 0 Å². The Kier molecular flexibility index (Phi) is 4.34. The first kappa shape index (κ1) is 15.0. The average molecular weight is 319 g/mol. The van der Waals surface area contributed by atoms with Gasteiger partial charge in [0.1, 0.15) is 0 Å². The number of para-hydroxylation sites is 1. The first-order valence-electron chi connectivity index (χ1n) is 8.51. The largest absolute Gasteiger partial charge is 0.290 e. The number of hydrogen-bond acceptors (Lipinski definition) is 4. The SMILES string of the molecule is c1ccc(-n2cc(CN3CCCC[C@H]3c3cccnc3)nn2)cc1. The molecule has 1 aromatic carbocycles. The quantitative estimate of drug-likeness (QED) is 0.739. The van der Waals surface area contributed by atoms with Crippen molar-refractivity contribution in [2.75, 3.05) is 6.54 Å². The van der Waals surface area contributed by atoms with Crippen molar-refractivity contribution in [1.29, 1.82) is 0 Å². The van der Waals surface area contributed by atoms with Crippen molar-refractivity contribution < 1.29 is 0 Å². The normalized spacial score (nSPS) is 18.6. The summed E-state index contributed by atoms with van der Waals surface area (Å²) < 4.78 is 1.85. The molecule has 0 aliphatic carbocycles. The minimum Gasteiger partial charge on any atom is -0.290 e. The van der Waals surface area contributed by atoms with Crippen molar-refractivity contribution in [2.45, 2.75) is 31.8 Å². The van der Waals surface area contributed by atoms with Gasteiger partial charge in [0.05, 0.1) is 17.6 Å². The van der Waals surface area contributed by atoms with Crippen LogP contribution in [0.1, 0.15) is 36.6 Å². The zero-order chi connectivity index (χ0) is 16.2. The lowest BCUT2D eigenvalue weighted by molar-refractivity contribution is 0.138. The van der Waals surface area contributed by atoms with Crippen LogP contribution in [-0.2, 0) is 6.54 Å². The van der Waals surface area contributed by atoms with Crippen LogP contribution in [0.25, 0.3) is 5.69 Å². The van der Waals surface area contributed by atoms with E-state index in [1.54, 1.807) is 0 Å². The number of likely N-dealkylation sites (tertiary alicyclic amines) is 1. The van der Waals surface area contributed by atoms with Crippen molar-refractivity contribution in [3.05, 3.63) is 72.3 Å². The Bertz CT molecular complexity index is 769. The highest BCUT2D eigenvalue weighted by Crippen LogP contribution is 2.31. The summed E-state index contributed by atoms with van der Waals surface area (Å²) in [6.45, 7) is 1.92. The number of aromatic nitrogens is 4. The fraction of sp³-hybridized carbons (Fsp3) is 0.316. The molecule has 1 atom stereocenters. The molecule has 1 aliphatic rings. The molecule has 122 valence electrons. The number of pyridine rings is 1. The van der Waals surface area contributed by atoms with Gasteiger partial charge in [0, 0.05) is 25.0 Å². The van der Waals surface area contributed by atoms with E-state index in [-0.39, 0.29) is 0 Å². The average Bonchev–Trinajstić information content (AvgIpc) is 3.12. The maximum Gasteiger partial charge on any atom is 0.0972 e. The topological polar surface area (TPSA) is 46.8 Å². The molecular weight excluding hydrogens is 298 g/mol. The minimum absolute atomic E-state index is 0.425. The third kappa shape index (κ3) is 3.21. The molecule has 3 aromatic rings. The van der Waals surface area contributed by atoms with Gasteiger partial charge in [-0.2, -0.15) is 0 Å². The highest BCUT2D eigenvalue weighted by molar-refractivity contribution is 5.30. The van der Waals surface area contributed by atoms with Crippen LogP contribution in [0.4, 0.5) is 0 Å². The van der Waals surface area contributed by atoms with Crippen molar-refractivity contribution >= 4 is 0 Å². The van der Waals surface area contributed by atoms with Crippen LogP contribution in [0.2, 0.25) is 0 Å². The summed E-state index contributed by atoms with van der Waals surface area (Å²) in [4.78, 5) is 6.79. The lowest BCUT2D eigenvalue weighted by Crippen LogP contribution is -2.33. The van der Waals surface area contributed by atoms with Crippen LogP contribution in [0.15, 0.2) is 61.1 Å². The van der Waals surface area contributed by atoms with Gasteiger partial charge in [0.25, 0.3) is 0 Å². The summed E-state index contributed by atoms with van der Waals surface area (Å²) >= 11 is 0. The third-order valence-corrected chi connectivity index (χ3v) is 4.61. The maximum absolute atomic E-state index is 4.37. The fourth-order valence-corrected chi connectivity index (χ4v) is 3.42. The Morgan fingerprint density at radius 2 is 1.96 bits per heavy atom. The number of rotatable bonds is 4. The maximum atomic E-state index is 4.37. The number of hydrogen-bond donors (Lipinski definition) is 0. The van der Waals surface area contributed by atoms with E-state index in [9.17, 15) is 0 Å². The highest BCUT2D eigenvalue weighted by atomic mass is 15.4. The van der Waals surface area contributed by atoms with Gasteiger partial charge in [-0.25, -0.2) is 4.68 Å².